The van der Waals surface area contributed by atoms with Crippen LogP contribution in [-0.2, 0) is 16.4 Å². The van der Waals surface area contributed by atoms with Crippen LogP contribution in [0.2, 0.25) is 5.15 Å². The molecular formula is C23H25ClFN3O4S. The monoisotopic (exact) mass is 493 g/mol. The van der Waals surface area contributed by atoms with E-state index < -0.39 is 9.84 Å². The van der Waals surface area contributed by atoms with Crippen molar-refractivity contribution in [3.05, 3.63) is 76.3 Å². The molecule has 0 saturated carbocycles. The Morgan fingerprint density at radius 2 is 1.91 bits per heavy atom. The van der Waals surface area contributed by atoms with Gasteiger partial charge in [-0.25, -0.2) is 17.5 Å². The highest BCUT2D eigenvalue weighted by molar-refractivity contribution is 7.90. The number of amides is 1. The van der Waals surface area contributed by atoms with Crippen molar-refractivity contribution < 1.29 is 22.3 Å². The van der Waals surface area contributed by atoms with Crippen molar-refractivity contribution in [3.8, 4) is 5.75 Å². The summed E-state index contributed by atoms with van der Waals surface area (Å²) in [4.78, 5) is 14.7. The van der Waals surface area contributed by atoms with E-state index in [2.05, 4.69) is 5.10 Å². The maximum atomic E-state index is 13.1. The second-order valence-electron chi connectivity index (χ2n) is 7.71. The van der Waals surface area contributed by atoms with E-state index in [0.717, 1.165) is 11.8 Å². The Hall–Kier alpha value is -2.91. The predicted molar refractivity (Wildman–Crippen MR) is 124 cm³/mol. The summed E-state index contributed by atoms with van der Waals surface area (Å²) in [7, 11) is -1.64. The van der Waals surface area contributed by atoms with Crippen LogP contribution in [0.25, 0.3) is 0 Å². The van der Waals surface area contributed by atoms with Gasteiger partial charge in [-0.15, -0.1) is 0 Å². The number of halogens is 2. The first kappa shape index (κ1) is 24.7. The van der Waals surface area contributed by atoms with Crippen LogP contribution in [0, 0.1) is 12.7 Å². The van der Waals surface area contributed by atoms with Crippen molar-refractivity contribution in [3.63, 3.8) is 0 Å². The van der Waals surface area contributed by atoms with E-state index in [4.69, 9.17) is 16.3 Å². The Kier molecular flexibility index (Phi) is 7.76. The van der Waals surface area contributed by atoms with Gasteiger partial charge < -0.3 is 9.64 Å². The fraction of sp³-hybridized carbons (Fsp3) is 0.304. The van der Waals surface area contributed by atoms with Gasteiger partial charge >= 0.3 is 0 Å². The van der Waals surface area contributed by atoms with Gasteiger partial charge in [-0.3, -0.25) is 4.79 Å². The minimum atomic E-state index is -3.31. The second-order valence-corrected chi connectivity index (χ2v) is 10.1. The maximum absolute atomic E-state index is 13.1. The number of carbonyl (C=O) groups is 1. The molecule has 1 amide bonds. The molecule has 1 heterocycles. The summed E-state index contributed by atoms with van der Waals surface area (Å²) in [5.41, 5.74) is 1.64. The number of ether oxygens (including phenoxy) is 1. The highest BCUT2D eigenvalue weighted by Crippen LogP contribution is 2.23. The molecule has 2 aromatic carbocycles. The molecule has 1 aromatic heterocycles. The standard InChI is InChI=1S/C23H25ClFN3O4S/c1-16-21(22(24)28(26-16)15-17-8-10-18(25)11-9-17)23(29)27(2)12-5-13-32-19-6-4-7-20(14-19)33(3,30)31/h4,6-11,14H,5,12-13,15H2,1-3H3. The quantitative estimate of drug-likeness (QED) is 0.421. The van der Waals surface area contributed by atoms with Crippen molar-refractivity contribution in [2.45, 2.75) is 24.8 Å². The van der Waals surface area contributed by atoms with E-state index in [1.807, 2.05) is 0 Å². The van der Waals surface area contributed by atoms with Crippen molar-refractivity contribution in [1.29, 1.82) is 0 Å². The number of benzene rings is 2. The van der Waals surface area contributed by atoms with Crippen LogP contribution in [0.15, 0.2) is 53.4 Å². The van der Waals surface area contributed by atoms with Gasteiger partial charge in [-0.2, -0.15) is 5.10 Å². The Bertz CT molecular complexity index is 1240. The zero-order chi connectivity index (χ0) is 24.2. The van der Waals surface area contributed by atoms with Gasteiger partial charge in [0.15, 0.2) is 9.84 Å². The average Bonchev–Trinajstić information content (AvgIpc) is 3.04. The topological polar surface area (TPSA) is 81.5 Å². The molecule has 3 aromatic rings. The molecule has 0 fully saturated rings. The molecule has 0 spiro atoms. The lowest BCUT2D eigenvalue weighted by atomic mass is 10.2. The van der Waals surface area contributed by atoms with Gasteiger partial charge in [0, 0.05) is 19.8 Å². The molecular weight excluding hydrogens is 469 g/mol. The summed E-state index contributed by atoms with van der Waals surface area (Å²) in [6, 6.07) is 12.3. The zero-order valence-electron chi connectivity index (χ0n) is 18.6. The van der Waals surface area contributed by atoms with Gasteiger partial charge in [0.1, 0.15) is 16.7 Å². The molecule has 0 bridgehead atoms. The minimum Gasteiger partial charge on any atom is -0.493 e. The normalized spacial score (nSPS) is 11.4. The predicted octanol–water partition coefficient (Wildman–Crippen LogP) is 3.98. The van der Waals surface area contributed by atoms with E-state index in [0.29, 0.717) is 43.1 Å². The molecule has 0 saturated heterocycles. The van der Waals surface area contributed by atoms with Gasteiger partial charge in [-0.05, 0) is 49.2 Å². The number of hydrogen-bond donors (Lipinski definition) is 0. The van der Waals surface area contributed by atoms with Crippen LogP contribution < -0.4 is 4.74 Å². The number of hydrogen-bond acceptors (Lipinski definition) is 5. The van der Waals surface area contributed by atoms with Gasteiger partial charge in [-0.1, -0.05) is 29.8 Å². The molecule has 0 N–H and O–H groups in total. The first-order valence-electron chi connectivity index (χ1n) is 10.2. The highest BCUT2D eigenvalue weighted by Gasteiger charge is 2.23. The lowest BCUT2D eigenvalue weighted by Gasteiger charge is -2.17. The SMILES string of the molecule is Cc1nn(Cc2ccc(F)cc2)c(Cl)c1C(=O)N(C)CCCOc1cccc(S(C)(=O)=O)c1. The second kappa shape index (κ2) is 10.4. The first-order valence-corrected chi connectivity index (χ1v) is 12.5. The number of aromatic nitrogens is 2. The molecule has 33 heavy (non-hydrogen) atoms. The van der Waals surface area contributed by atoms with Crippen LogP contribution in [-0.4, -0.2) is 55.5 Å². The molecule has 176 valence electrons. The number of carbonyl (C=O) groups excluding carboxylic acids is 1. The van der Waals surface area contributed by atoms with Crippen molar-refractivity contribution in [2.24, 2.45) is 0 Å². The summed E-state index contributed by atoms with van der Waals surface area (Å²) in [6.07, 6.45) is 1.67. The Morgan fingerprint density at radius 1 is 1.21 bits per heavy atom. The van der Waals surface area contributed by atoms with Crippen molar-refractivity contribution in [2.75, 3.05) is 26.5 Å². The summed E-state index contributed by atoms with van der Waals surface area (Å²) in [6.45, 7) is 2.74. The molecule has 0 unspecified atom stereocenters. The number of nitrogens with zero attached hydrogens (tertiary/aromatic N) is 3. The van der Waals surface area contributed by atoms with Crippen LogP contribution in [0.5, 0.6) is 5.75 Å². The van der Waals surface area contributed by atoms with Crippen LogP contribution >= 0.6 is 11.6 Å². The smallest absolute Gasteiger partial charge is 0.258 e. The van der Waals surface area contributed by atoms with Crippen molar-refractivity contribution >= 4 is 27.3 Å². The van der Waals surface area contributed by atoms with E-state index in [1.54, 1.807) is 38.2 Å². The first-order chi connectivity index (χ1) is 15.6. The maximum Gasteiger partial charge on any atom is 0.258 e. The van der Waals surface area contributed by atoms with E-state index in [1.165, 1.54) is 33.8 Å². The minimum absolute atomic E-state index is 0.190. The van der Waals surface area contributed by atoms with E-state index in [-0.39, 0.29) is 21.8 Å². The van der Waals surface area contributed by atoms with Gasteiger partial charge in [0.25, 0.3) is 5.91 Å². The Labute approximate surface area is 197 Å². The molecule has 0 aliphatic rings. The summed E-state index contributed by atoms with van der Waals surface area (Å²) >= 11 is 6.45. The van der Waals surface area contributed by atoms with E-state index in [9.17, 15) is 17.6 Å². The van der Waals surface area contributed by atoms with Crippen LogP contribution in [0.3, 0.4) is 0 Å². The molecule has 10 heteroatoms. The van der Waals surface area contributed by atoms with Crippen LogP contribution in [0.1, 0.15) is 28.0 Å². The Balaban J connectivity index is 1.58. The molecule has 0 atom stereocenters. The summed E-state index contributed by atoms with van der Waals surface area (Å²) < 4.78 is 43.6. The molecule has 3 rings (SSSR count). The molecule has 0 radical (unpaired) electrons. The van der Waals surface area contributed by atoms with E-state index >= 15 is 0 Å². The fourth-order valence-corrected chi connectivity index (χ4v) is 4.21. The highest BCUT2D eigenvalue weighted by atomic mass is 35.5. The van der Waals surface area contributed by atoms with Crippen molar-refractivity contribution in [1.82, 2.24) is 14.7 Å². The van der Waals surface area contributed by atoms with Gasteiger partial charge in [0.2, 0.25) is 0 Å². The lowest BCUT2D eigenvalue weighted by Crippen LogP contribution is -2.29. The zero-order valence-corrected chi connectivity index (χ0v) is 20.2. The largest absolute Gasteiger partial charge is 0.493 e. The van der Waals surface area contributed by atoms with Gasteiger partial charge in [0.05, 0.1) is 29.3 Å². The Morgan fingerprint density at radius 3 is 2.58 bits per heavy atom. The number of rotatable bonds is 9. The lowest BCUT2D eigenvalue weighted by molar-refractivity contribution is 0.0787. The number of sulfone groups is 1. The summed E-state index contributed by atoms with van der Waals surface area (Å²) in [5, 5.41) is 4.59. The number of aryl methyl sites for hydroxylation is 1. The third-order valence-electron chi connectivity index (χ3n) is 5.01. The molecule has 0 aliphatic heterocycles. The fourth-order valence-electron chi connectivity index (χ4n) is 3.24. The third kappa shape index (κ3) is 6.33. The molecule has 7 nitrogen and oxygen atoms in total. The molecule has 0 aliphatic carbocycles. The summed E-state index contributed by atoms with van der Waals surface area (Å²) in [5.74, 6) is -0.138. The average molecular weight is 494 g/mol. The third-order valence-corrected chi connectivity index (χ3v) is 6.51. The van der Waals surface area contributed by atoms with Crippen LogP contribution in [0.4, 0.5) is 4.39 Å².